The van der Waals surface area contributed by atoms with Crippen molar-refractivity contribution in [2.75, 3.05) is 13.7 Å². The average molecular weight is 428 g/mol. The summed E-state index contributed by atoms with van der Waals surface area (Å²) in [6.07, 6.45) is -2.68. The molecular formula is C21H21ClF3NO3. The Kier molecular flexibility index (Phi) is 6.39. The van der Waals surface area contributed by atoms with Crippen LogP contribution in [0.2, 0.25) is 5.02 Å². The molecule has 0 spiro atoms. The molecule has 0 aromatic heterocycles. The second-order valence-corrected chi connectivity index (χ2v) is 7.38. The number of carbonyl (C=O) groups is 1. The molecule has 2 atom stereocenters. The lowest BCUT2D eigenvalue weighted by molar-refractivity contribution is -0.145. The SMILES string of the molecule is COc1ccccc1C(c1ccc(Cl)c(C(F)(F)F)c1)N1CCCCC1C(=O)O. The van der Waals surface area contributed by atoms with Gasteiger partial charge in [-0.25, -0.2) is 0 Å². The van der Waals surface area contributed by atoms with E-state index in [9.17, 15) is 23.1 Å². The van der Waals surface area contributed by atoms with Crippen LogP contribution in [0.15, 0.2) is 42.5 Å². The lowest BCUT2D eigenvalue weighted by Crippen LogP contribution is -2.47. The van der Waals surface area contributed by atoms with Crippen LogP contribution in [0, 0.1) is 0 Å². The highest BCUT2D eigenvalue weighted by atomic mass is 35.5. The first kappa shape index (κ1) is 21.5. The number of likely N-dealkylation sites (tertiary alicyclic amines) is 1. The first-order valence-electron chi connectivity index (χ1n) is 9.22. The third-order valence-electron chi connectivity index (χ3n) is 5.21. The molecule has 2 unspecified atom stereocenters. The number of methoxy groups -OCH3 is 1. The van der Waals surface area contributed by atoms with Crippen LogP contribution in [-0.4, -0.2) is 35.7 Å². The molecule has 1 saturated heterocycles. The van der Waals surface area contributed by atoms with Gasteiger partial charge in [-0.05, 0) is 43.1 Å². The van der Waals surface area contributed by atoms with E-state index in [-0.39, 0.29) is 0 Å². The summed E-state index contributed by atoms with van der Waals surface area (Å²) >= 11 is 5.80. The third kappa shape index (κ3) is 4.51. The first-order valence-corrected chi connectivity index (χ1v) is 9.60. The molecule has 0 bridgehead atoms. The van der Waals surface area contributed by atoms with Crippen LogP contribution in [0.25, 0.3) is 0 Å². The van der Waals surface area contributed by atoms with E-state index in [4.69, 9.17) is 16.3 Å². The number of carboxylic acids is 1. The molecule has 3 rings (SSSR count). The predicted molar refractivity (Wildman–Crippen MR) is 103 cm³/mol. The molecule has 0 amide bonds. The zero-order valence-electron chi connectivity index (χ0n) is 15.7. The lowest BCUT2D eigenvalue weighted by atomic mass is 9.90. The Morgan fingerprint density at radius 2 is 1.97 bits per heavy atom. The molecule has 1 aliphatic rings. The van der Waals surface area contributed by atoms with Crippen LogP contribution in [-0.2, 0) is 11.0 Å². The normalized spacial score (nSPS) is 19.0. The summed E-state index contributed by atoms with van der Waals surface area (Å²) in [7, 11) is 1.48. The van der Waals surface area contributed by atoms with Crippen LogP contribution in [0.4, 0.5) is 13.2 Å². The van der Waals surface area contributed by atoms with Crippen molar-refractivity contribution in [1.82, 2.24) is 4.90 Å². The second-order valence-electron chi connectivity index (χ2n) is 6.97. The number of piperidine rings is 1. The molecular weight excluding hydrogens is 407 g/mol. The monoisotopic (exact) mass is 427 g/mol. The minimum Gasteiger partial charge on any atom is -0.496 e. The average Bonchev–Trinajstić information content (AvgIpc) is 2.69. The van der Waals surface area contributed by atoms with Crippen molar-refractivity contribution in [3.8, 4) is 5.75 Å². The van der Waals surface area contributed by atoms with Gasteiger partial charge in [0.05, 0.1) is 23.7 Å². The highest BCUT2D eigenvalue weighted by Gasteiger charge is 2.38. The summed E-state index contributed by atoms with van der Waals surface area (Å²) in [4.78, 5) is 13.6. The molecule has 4 nitrogen and oxygen atoms in total. The summed E-state index contributed by atoms with van der Waals surface area (Å²) < 4.78 is 45.8. The van der Waals surface area contributed by atoms with Crippen LogP contribution in [0.1, 0.15) is 42.0 Å². The summed E-state index contributed by atoms with van der Waals surface area (Å²) in [5, 5.41) is 9.34. The van der Waals surface area contributed by atoms with Crippen molar-refractivity contribution < 1.29 is 27.8 Å². The minimum absolute atomic E-state index is 0.319. The van der Waals surface area contributed by atoms with Gasteiger partial charge in [-0.2, -0.15) is 13.2 Å². The van der Waals surface area contributed by atoms with E-state index in [1.54, 1.807) is 29.2 Å². The maximum absolute atomic E-state index is 13.5. The smallest absolute Gasteiger partial charge is 0.417 e. The molecule has 8 heteroatoms. The first-order chi connectivity index (χ1) is 13.7. The van der Waals surface area contributed by atoms with Crippen molar-refractivity contribution in [2.24, 2.45) is 0 Å². The number of para-hydroxylation sites is 1. The van der Waals surface area contributed by atoms with E-state index >= 15 is 0 Å². The number of aliphatic carboxylic acids is 1. The summed E-state index contributed by atoms with van der Waals surface area (Å²) in [5.74, 6) is -0.509. The van der Waals surface area contributed by atoms with E-state index in [1.807, 2.05) is 0 Å². The van der Waals surface area contributed by atoms with Gasteiger partial charge >= 0.3 is 12.1 Å². The molecule has 1 fully saturated rings. The van der Waals surface area contributed by atoms with Crippen molar-refractivity contribution in [2.45, 2.75) is 37.5 Å². The maximum Gasteiger partial charge on any atom is 0.417 e. The molecule has 2 aromatic carbocycles. The fourth-order valence-corrected chi connectivity index (χ4v) is 4.13. The Morgan fingerprint density at radius 1 is 1.24 bits per heavy atom. The number of hydrogen-bond acceptors (Lipinski definition) is 3. The summed E-state index contributed by atoms with van der Waals surface area (Å²) in [6.45, 7) is 0.448. The Bertz CT molecular complexity index is 888. The highest BCUT2D eigenvalue weighted by molar-refractivity contribution is 6.31. The quantitative estimate of drug-likeness (QED) is 0.694. The molecule has 2 aromatic rings. The fraction of sp³-hybridized carbons (Fsp3) is 0.381. The topological polar surface area (TPSA) is 49.8 Å². The maximum atomic E-state index is 13.5. The minimum atomic E-state index is -4.62. The lowest BCUT2D eigenvalue weighted by Gasteiger charge is -2.40. The number of carboxylic acid groups (broad SMARTS) is 1. The Morgan fingerprint density at radius 3 is 2.62 bits per heavy atom. The van der Waals surface area contributed by atoms with Gasteiger partial charge in [0.15, 0.2) is 0 Å². The van der Waals surface area contributed by atoms with Crippen molar-refractivity contribution in [1.29, 1.82) is 0 Å². The Hall–Kier alpha value is -2.25. The summed E-state index contributed by atoms with van der Waals surface area (Å²) in [5.41, 5.74) is -0.0154. The number of nitrogens with zero attached hydrogens (tertiary/aromatic N) is 1. The Balaban J connectivity index is 2.20. The molecule has 0 saturated carbocycles. The van der Waals surface area contributed by atoms with Gasteiger partial charge in [0.1, 0.15) is 11.8 Å². The third-order valence-corrected chi connectivity index (χ3v) is 5.54. The highest BCUT2D eigenvalue weighted by Crippen LogP contribution is 2.42. The van der Waals surface area contributed by atoms with E-state index in [0.717, 1.165) is 18.9 Å². The predicted octanol–water partition coefficient (Wildman–Crippen LogP) is 5.40. The van der Waals surface area contributed by atoms with E-state index in [0.29, 0.717) is 29.8 Å². The fourth-order valence-electron chi connectivity index (χ4n) is 3.90. The number of rotatable bonds is 5. The van der Waals surface area contributed by atoms with Gasteiger partial charge < -0.3 is 9.84 Å². The van der Waals surface area contributed by atoms with Gasteiger partial charge in [-0.15, -0.1) is 0 Å². The molecule has 0 radical (unpaired) electrons. The van der Waals surface area contributed by atoms with Crippen LogP contribution >= 0.6 is 11.6 Å². The van der Waals surface area contributed by atoms with E-state index in [1.165, 1.54) is 19.2 Å². The van der Waals surface area contributed by atoms with Gasteiger partial charge in [-0.3, -0.25) is 9.69 Å². The van der Waals surface area contributed by atoms with Gasteiger partial charge in [0.2, 0.25) is 0 Å². The number of alkyl halides is 3. The summed E-state index contributed by atoms with van der Waals surface area (Å²) in [6, 6.07) is 9.19. The number of benzene rings is 2. The largest absolute Gasteiger partial charge is 0.496 e. The number of ether oxygens (including phenoxy) is 1. The zero-order chi connectivity index (χ0) is 21.2. The second kappa shape index (κ2) is 8.63. The molecule has 1 heterocycles. The van der Waals surface area contributed by atoms with Gasteiger partial charge in [0.25, 0.3) is 0 Å². The standard InChI is InChI=1S/C21H21ClF3NO3/c1-29-18-8-3-2-6-14(18)19(26-11-5-4-7-17(26)20(27)28)13-9-10-16(22)15(12-13)21(23,24)25/h2-3,6,8-10,12,17,19H,4-5,7,11H2,1H3,(H,27,28). The van der Waals surface area contributed by atoms with Crippen molar-refractivity contribution in [3.05, 3.63) is 64.2 Å². The zero-order valence-corrected chi connectivity index (χ0v) is 16.5. The molecule has 1 aliphatic heterocycles. The molecule has 156 valence electrons. The molecule has 0 aliphatic carbocycles. The van der Waals surface area contributed by atoms with E-state index in [2.05, 4.69) is 0 Å². The molecule has 29 heavy (non-hydrogen) atoms. The van der Waals surface area contributed by atoms with Crippen LogP contribution in [0.3, 0.4) is 0 Å². The van der Waals surface area contributed by atoms with Crippen molar-refractivity contribution >= 4 is 17.6 Å². The Labute approximate surface area is 171 Å². The van der Waals surface area contributed by atoms with Crippen molar-refractivity contribution in [3.63, 3.8) is 0 Å². The van der Waals surface area contributed by atoms with Crippen LogP contribution in [0.5, 0.6) is 5.75 Å². The number of halogens is 4. The van der Waals surface area contributed by atoms with Crippen LogP contribution < -0.4 is 4.74 Å². The number of hydrogen-bond donors (Lipinski definition) is 1. The van der Waals surface area contributed by atoms with Gasteiger partial charge in [-0.1, -0.05) is 42.3 Å². The van der Waals surface area contributed by atoms with Gasteiger partial charge in [0, 0.05) is 5.56 Å². The van der Waals surface area contributed by atoms with E-state index < -0.39 is 34.8 Å². The molecule has 1 N–H and O–H groups in total.